The second-order valence-corrected chi connectivity index (χ2v) is 6.64. The van der Waals surface area contributed by atoms with Crippen LogP contribution in [0.3, 0.4) is 0 Å². The SMILES string of the molecule is CC(CO)(CO)NC(=O)c1ccc(S(C)(=O)=O)cc1. The van der Waals surface area contributed by atoms with Crippen LogP contribution in [0.4, 0.5) is 0 Å². The number of carbonyl (C=O) groups excluding carboxylic acids is 1. The predicted molar refractivity (Wildman–Crippen MR) is 69.6 cm³/mol. The average Bonchev–Trinajstić information content (AvgIpc) is 2.37. The van der Waals surface area contributed by atoms with Crippen LogP contribution in [0, 0.1) is 0 Å². The topological polar surface area (TPSA) is 104 Å². The van der Waals surface area contributed by atoms with E-state index in [-0.39, 0.29) is 10.5 Å². The van der Waals surface area contributed by atoms with Gasteiger partial charge in [0.15, 0.2) is 9.84 Å². The molecular weight excluding hydrogens is 270 g/mol. The Hall–Kier alpha value is -1.44. The van der Waals surface area contributed by atoms with E-state index in [1.54, 1.807) is 0 Å². The highest BCUT2D eigenvalue weighted by atomic mass is 32.2. The van der Waals surface area contributed by atoms with Gasteiger partial charge in [-0.25, -0.2) is 8.42 Å². The average molecular weight is 287 g/mol. The highest BCUT2D eigenvalue weighted by Crippen LogP contribution is 2.11. The van der Waals surface area contributed by atoms with Crippen LogP contribution in [0.5, 0.6) is 0 Å². The van der Waals surface area contributed by atoms with Crippen molar-refractivity contribution in [3.63, 3.8) is 0 Å². The van der Waals surface area contributed by atoms with Crippen LogP contribution in [0.2, 0.25) is 0 Å². The quantitative estimate of drug-likeness (QED) is 0.681. The second kappa shape index (κ2) is 5.68. The molecule has 0 aromatic heterocycles. The minimum Gasteiger partial charge on any atom is -0.394 e. The molecule has 0 aliphatic rings. The van der Waals surface area contributed by atoms with E-state index in [0.29, 0.717) is 0 Å². The van der Waals surface area contributed by atoms with E-state index >= 15 is 0 Å². The molecule has 6 nitrogen and oxygen atoms in total. The lowest BCUT2D eigenvalue weighted by atomic mass is 10.0. The highest BCUT2D eigenvalue weighted by Gasteiger charge is 2.25. The first-order chi connectivity index (χ1) is 8.72. The number of benzene rings is 1. The fourth-order valence-corrected chi connectivity index (χ4v) is 1.96. The Bertz CT molecular complexity index is 546. The summed E-state index contributed by atoms with van der Waals surface area (Å²) in [7, 11) is -3.30. The molecule has 1 aromatic carbocycles. The van der Waals surface area contributed by atoms with E-state index in [0.717, 1.165) is 6.26 Å². The molecule has 0 saturated heterocycles. The van der Waals surface area contributed by atoms with Crippen molar-refractivity contribution in [3.05, 3.63) is 29.8 Å². The molecule has 1 rings (SSSR count). The Morgan fingerprint density at radius 1 is 1.21 bits per heavy atom. The Morgan fingerprint density at radius 3 is 2.05 bits per heavy atom. The molecule has 3 N–H and O–H groups in total. The summed E-state index contributed by atoms with van der Waals surface area (Å²) in [4.78, 5) is 12.0. The first-order valence-corrected chi connectivity index (χ1v) is 7.45. The third-order valence-corrected chi connectivity index (χ3v) is 3.79. The standard InChI is InChI=1S/C12H17NO5S/c1-12(7-14,8-15)13-11(16)9-3-5-10(6-4-9)19(2,17)18/h3-6,14-15H,7-8H2,1-2H3,(H,13,16). The first kappa shape index (κ1) is 15.6. The predicted octanol–water partition coefficient (Wildman–Crippen LogP) is -0.437. The second-order valence-electron chi connectivity index (χ2n) is 4.63. The summed E-state index contributed by atoms with van der Waals surface area (Å²) in [6.07, 6.45) is 1.08. The van der Waals surface area contributed by atoms with Gasteiger partial charge < -0.3 is 15.5 Å². The van der Waals surface area contributed by atoms with Crippen molar-refractivity contribution in [3.8, 4) is 0 Å². The third-order valence-electron chi connectivity index (χ3n) is 2.66. The molecule has 106 valence electrons. The van der Waals surface area contributed by atoms with E-state index in [4.69, 9.17) is 10.2 Å². The zero-order valence-corrected chi connectivity index (χ0v) is 11.6. The number of aliphatic hydroxyl groups excluding tert-OH is 2. The van der Waals surface area contributed by atoms with Gasteiger partial charge in [0.2, 0.25) is 0 Å². The Morgan fingerprint density at radius 2 is 1.68 bits per heavy atom. The summed E-state index contributed by atoms with van der Waals surface area (Å²) in [5.74, 6) is -0.495. The van der Waals surface area contributed by atoms with Gasteiger partial charge in [0.25, 0.3) is 5.91 Å². The number of sulfone groups is 1. The summed E-state index contributed by atoms with van der Waals surface area (Å²) < 4.78 is 22.5. The summed E-state index contributed by atoms with van der Waals surface area (Å²) in [6.45, 7) is 0.684. The van der Waals surface area contributed by atoms with Crippen LogP contribution in [0.25, 0.3) is 0 Å². The Balaban J connectivity index is 2.91. The van der Waals surface area contributed by atoms with Crippen LogP contribution in [0.15, 0.2) is 29.2 Å². The number of hydrogen-bond donors (Lipinski definition) is 3. The lowest BCUT2D eigenvalue weighted by Gasteiger charge is -2.26. The summed E-state index contributed by atoms with van der Waals surface area (Å²) in [6, 6.07) is 5.42. The van der Waals surface area contributed by atoms with Gasteiger partial charge in [-0.15, -0.1) is 0 Å². The van der Waals surface area contributed by atoms with Crippen LogP contribution in [-0.2, 0) is 9.84 Å². The summed E-state index contributed by atoms with van der Waals surface area (Å²) >= 11 is 0. The largest absolute Gasteiger partial charge is 0.394 e. The van der Waals surface area contributed by atoms with Crippen molar-refractivity contribution < 1.29 is 23.4 Å². The molecule has 0 fully saturated rings. The zero-order valence-electron chi connectivity index (χ0n) is 10.8. The molecule has 1 aromatic rings. The van der Waals surface area contributed by atoms with Gasteiger partial charge in [0.1, 0.15) is 0 Å². The molecule has 0 saturated carbocycles. The molecule has 19 heavy (non-hydrogen) atoms. The maximum atomic E-state index is 11.9. The molecule has 0 heterocycles. The van der Waals surface area contributed by atoms with Gasteiger partial charge in [-0.05, 0) is 31.2 Å². The molecule has 0 spiro atoms. The molecule has 0 aliphatic heterocycles. The molecule has 1 amide bonds. The van der Waals surface area contributed by atoms with Crippen molar-refractivity contribution in [1.82, 2.24) is 5.32 Å². The minimum atomic E-state index is -3.30. The van der Waals surface area contributed by atoms with Crippen molar-refractivity contribution in [1.29, 1.82) is 0 Å². The van der Waals surface area contributed by atoms with Gasteiger partial charge in [0.05, 0.1) is 23.6 Å². The van der Waals surface area contributed by atoms with Crippen molar-refractivity contribution in [2.45, 2.75) is 17.4 Å². The number of rotatable bonds is 5. The van der Waals surface area contributed by atoms with Crippen molar-refractivity contribution >= 4 is 15.7 Å². The zero-order chi connectivity index (χ0) is 14.7. The number of hydrogen-bond acceptors (Lipinski definition) is 5. The monoisotopic (exact) mass is 287 g/mol. The number of nitrogens with one attached hydrogen (secondary N) is 1. The van der Waals surface area contributed by atoms with Gasteiger partial charge >= 0.3 is 0 Å². The van der Waals surface area contributed by atoms with E-state index in [9.17, 15) is 13.2 Å². The van der Waals surface area contributed by atoms with Crippen LogP contribution in [-0.4, -0.2) is 49.5 Å². The molecule has 7 heteroatoms. The maximum Gasteiger partial charge on any atom is 0.251 e. The fraction of sp³-hybridized carbons (Fsp3) is 0.417. The number of amides is 1. The van der Waals surface area contributed by atoms with Crippen LogP contribution >= 0.6 is 0 Å². The van der Waals surface area contributed by atoms with Crippen LogP contribution in [0.1, 0.15) is 17.3 Å². The van der Waals surface area contributed by atoms with E-state index in [1.807, 2.05) is 0 Å². The molecule has 0 bridgehead atoms. The maximum absolute atomic E-state index is 11.9. The number of carbonyl (C=O) groups is 1. The van der Waals surface area contributed by atoms with E-state index in [2.05, 4.69) is 5.32 Å². The van der Waals surface area contributed by atoms with Crippen molar-refractivity contribution in [2.24, 2.45) is 0 Å². The minimum absolute atomic E-state index is 0.121. The number of aliphatic hydroxyl groups is 2. The van der Waals surface area contributed by atoms with Crippen molar-refractivity contribution in [2.75, 3.05) is 19.5 Å². The molecule has 0 aliphatic carbocycles. The summed E-state index contributed by atoms with van der Waals surface area (Å²) in [5, 5.41) is 20.6. The van der Waals surface area contributed by atoms with Gasteiger partial charge in [-0.1, -0.05) is 0 Å². The molecule has 0 atom stereocenters. The highest BCUT2D eigenvalue weighted by molar-refractivity contribution is 7.90. The van der Waals surface area contributed by atoms with E-state index < -0.39 is 34.5 Å². The Kier molecular flexibility index (Phi) is 4.67. The molecule has 0 unspecified atom stereocenters. The Labute approximate surface area is 112 Å². The van der Waals surface area contributed by atoms with Gasteiger partial charge in [-0.2, -0.15) is 0 Å². The van der Waals surface area contributed by atoms with Gasteiger partial charge in [0, 0.05) is 11.8 Å². The van der Waals surface area contributed by atoms with Gasteiger partial charge in [-0.3, -0.25) is 4.79 Å². The van der Waals surface area contributed by atoms with Crippen LogP contribution < -0.4 is 5.32 Å². The lowest BCUT2D eigenvalue weighted by molar-refractivity contribution is 0.0724. The van der Waals surface area contributed by atoms with E-state index in [1.165, 1.54) is 31.2 Å². The smallest absolute Gasteiger partial charge is 0.251 e. The third kappa shape index (κ3) is 4.02. The summed E-state index contributed by atoms with van der Waals surface area (Å²) in [5.41, 5.74) is -0.868. The normalized spacial score (nSPS) is 12.2. The molecule has 0 radical (unpaired) electrons. The lowest BCUT2D eigenvalue weighted by Crippen LogP contribution is -2.51. The molecular formula is C12H17NO5S. The first-order valence-electron chi connectivity index (χ1n) is 5.56. The fourth-order valence-electron chi connectivity index (χ4n) is 1.33.